The summed E-state index contributed by atoms with van der Waals surface area (Å²) in [5.74, 6) is 2.08. The average Bonchev–Trinajstić information content (AvgIpc) is 2.59. The van der Waals surface area contributed by atoms with E-state index in [9.17, 15) is 5.11 Å². The van der Waals surface area contributed by atoms with Gasteiger partial charge in [-0.2, -0.15) is 0 Å². The van der Waals surface area contributed by atoms with Gasteiger partial charge >= 0.3 is 0 Å². The van der Waals surface area contributed by atoms with Crippen LogP contribution in [0, 0.1) is 0 Å². The van der Waals surface area contributed by atoms with Gasteiger partial charge in [-0.1, -0.05) is 0 Å². The van der Waals surface area contributed by atoms with Crippen molar-refractivity contribution in [3.63, 3.8) is 0 Å². The van der Waals surface area contributed by atoms with Crippen molar-refractivity contribution >= 4 is 0 Å². The summed E-state index contributed by atoms with van der Waals surface area (Å²) in [5.41, 5.74) is 1.02. The number of hydrogen-bond donors (Lipinski definition) is 2. The predicted molar refractivity (Wildman–Crippen MR) is 85.0 cm³/mol. The molecule has 22 heavy (non-hydrogen) atoms. The van der Waals surface area contributed by atoms with Crippen LogP contribution in [0.1, 0.15) is 18.0 Å². The zero-order chi connectivity index (χ0) is 15.9. The average molecular weight is 310 g/mol. The van der Waals surface area contributed by atoms with Crippen molar-refractivity contribution in [3.05, 3.63) is 17.7 Å². The van der Waals surface area contributed by atoms with E-state index in [4.69, 9.17) is 14.2 Å². The van der Waals surface area contributed by atoms with Crippen LogP contribution < -0.4 is 19.5 Å². The first-order chi connectivity index (χ1) is 10.7. The Morgan fingerprint density at radius 3 is 2.18 bits per heavy atom. The zero-order valence-corrected chi connectivity index (χ0v) is 13.6. The van der Waals surface area contributed by atoms with E-state index < -0.39 is 0 Å². The molecule has 2 rings (SSSR count). The summed E-state index contributed by atoms with van der Waals surface area (Å²) < 4.78 is 16.3. The summed E-state index contributed by atoms with van der Waals surface area (Å²) in [6.45, 7) is 3.94. The van der Waals surface area contributed by atoms with Crippen molar-refractivity contribution in [2.45, 2.75) is 12.5 Å². The molecule has 1 aromatic carbocycles. The maximum absolute atomic E-state index is 9.48. The summed E-state index contributed by atoms with van der Waals surface area (Å²) in [6.07, 6.45) is 0.659. The van der Waals surface area contributed by atoms with Gasteiger partial charge in [0.1, 0.15) is 5.75 Å². The first-order valence-corrected chi connectivity index (χ1v) is 7.60. The fraction of sp³-hybridized carbons (Fsp3) is 0.625. The van der Waals surface area contributed by atoms with E-state index in [2.05, 4.69) is 10.2 Å². The van der Waals surface area contributed by atoms with Gasteiger partial charge in [0.05, 0.1) is 21.3 Å². The largest absolute Gasteiger partial charge is 0.496 e. The lowest BCUT2D eigenvalue weighted by Gasteiger charge is -2.35. The predicted octanol–water partition coefficient (Wildman–Crippen LogP) is 1.04. The Labute approximate surface area is 132 Å². The van der Waals surface area contributed by atoms with Crippen LogP contribution in [0.25, 0.3) is 0 Å². The number of nitrogens with zero attached hydrogens (tertiary/aromatic N) is 1. The van der Waals surface area contributed by atoms with Gasteiger partial charge in [-0.05, 0) is 12.5 Å². The van der Waals surface area contributed by atoms with E-state index in [-0.39, 0.29) is 12.6 Å². The highest BCUT2D eigenvalue weighted by Gasteiger charge is 2.26. The van der Waals surface area contributed by atoms with E-state index in [1.165, 1.54) is 0 Å². The van der Waals surface area contributed by atoms with Gasteiger partial charge in [0.15, 0.2) is 11.5 Å². The van der Waals surface area contributed by atoms with E-state index in [0.29, 0.717) is 17.9 Å². The molecule has 1 saturated heterocycles. The number of rotatable bonds is 7. The Morgan fingerprint density at radius 1 is 1.05 bits per heavy atom. The molecule has 1 aromatic rings. The van der Waals surface area contributed by atoms with Crippen LogP contribution in [0.4, 0.5) is 0 Å². The molecule has 2 N–H and O–H groups in total. The molecule has 0 amide bonds. The molecule has 0 spiro atoms. The number of ether oxygens (including phenoxy) is 3. The van der Waals surface area contributed by atoms with Gasteiger partial charge in [-0.3, -0.25) is 4.90 Å². The highest BCUT2D eigenvalue weighted by molar-refractivity contribution is 5.52. The lowest BCUT2D eigenvalue weighted by Crippen LogP contribution is -2.45. The molecular weight excluding hydrogens is 284 g/mol. The number of aliphatic hydroxyl groups is 1. The maximum atomic E-state index is 9.48. The normalized spacial score (nSPS) is 17.1. The van der Waals surface area contributed by atoms with E-state index in [1.807, 2.05) is 12.1 Å². The third-order valence-corrected chi connectivity index (χ3v) is 4.09. The van der Waals surface area contributed by atoms with Gasteiger partial charge in [-0.15, -0.1) is 0 Å². The van der Waals surface area contributed by atoms with Gasteiger partial charge in [0, 0.05) is 50.5 Å². The van der Waals surface area contributed by atoms with Crippen LogP contribution in [0.2, 0.25) is 0 Å². The van der Waals surface area contributed by atoms with Gasteiger partial charge in [-0.25, -0.2) is 0 Å². The van der Waals surface area contributed by atoms with Crippen LogP contribution in [0.5, 0.6) is 17.2 Å². The molecule has 1 aliphatic rings. The number of piperazine rings is 1. The molecular formula is C16H26N2O4. The maximum Gasteiger partial charge on any atom is 0.164 e. The van der Waals surface area contributed by atoms with Gasteiger partial charge in [0.25, 0.3) is 0 Å². The van der Waals surface area contributed by atoms with Crippen LogP contribution in [0.15, 0.2) is 12.1 Å². The number of methoxy groups -OCH3 is 3. The minimum Gasteiger partial charge on any atom is -0.496 e. The molecule has 1 aliphatic heterocycles. The Kier molecular flexibility index (Phi) is 6.30. The molecule has 0 aromatic heterocycles. The smallest absolute Gasteiger partial charge is 0.164 e. The Bertz CT molecular complexity index is 475. The molecule has 1 atom stereocenters. The second kappa shape index (κ2) is 8.22. The molecule has 1 heterocycles. The minimum atomic E-state index is 0.0989. The van der Waals surface area contributed by atoms with Crippen LogP contribution >= 0.6 is 0 Å². The van der Waals surface area contributed by atoms with E-state index >= 15 is 0 Å². The number of aliphatic hydroxyl groups excluding tert-OH is 1. The SMILES string of the molecule is COc1cc(OC)c([C@@H](CCO)N2CCNCC2)cc1OC. The topological polar surface area (TPSA) is 63.2 Å². The zero-order valence-electron chi connectivity index (χ0n) is 13.6. The summed E-state index contributed by atoms with van der Waals surface area (Å²) in [4.78, 5) is 2.37. The van der Waals surface area contributed by atoms with Gasteiger partial charge in [0.2, 0.25) is 0 Å². The van der Waals surface area contributed by atoms with Crippen molar-refractivity contribution < 1.29 is 19.3 Å². The van der Waals surface area contributed by atoms with Crippen molar-refractivity contribution in [1.82, 2.24) is 10.2 Å². The standard InChI is InChI=1S/C16H26N2O4/c1-20-14-11-16(22-3)15(21-2)10-12(14)13(4-9-19)18-7-5-17-6-8-18/h10-11,13,17,19H,4-9H2,1-3H3/t13-/m1/s1. The van der Waals surface area contributed by atoms with Crippen molar-refractivity contribution in [1.29, 1.82) is 0 Å². The fourth-order valence-electron chi connectivity index (χ4n) is 2.96. The quantitative estimate of drug-likeness (QED) is 0.785. The second-order valence-electron chi connectivity index (χ2n) is 5.26. The summed E-state index contributed by atoms with van der Waals surface area (Å²) in [6, 6.07) is 3.91. The number of hydrogen-bond acceptors (Lipinski definition) is 6. The molecule has 124 valence electrons. The third kappa shape index (κ3) is 3.63. The summed E-state index contributed by atoms with van der Waals surface area (Å²) in [5, 5.41) is 12.8. The lowest BCUT2D eigenvalue weighted by molar-refractivity contribution is 0.138. The van der Waals surface area contributed by atoms with Crippen molar-refractivity contribution in [3.8, 4) is 17.2 Å². The molecule has 6 nitrogen and oxygen atoms in total. The molecule has 0 radical (unpaired) electrons. The second-order valence-corrected chi connectivity index (χ2v) is 5.26. The lowest BCUT2D eigenvalue weighted by atomic mass is 9.99. The van der Waals surface area contributed by atoms with Crippen LogP contribution in [-0.2, 0) is 0 Å². The van der Waals surface area contributed by atoms with Crippen LogP contribution in [0.3, 0.4) is 0 Å². The summed E-state index contributed by atoms with van der Waals surface area (Å²) in [7, 11) is 4.89. The minimum absolute atomic E-state index is 0.0989. The number of nitrogens with one attached hydrogen (secondary N) is 1. The summed E-state index contributed by atoms with van der Waals surface area (Å²) >= 11 is 0. The van der Waals surface area contributed by atoms with Crippen LogP contribution in [-0.4, -0.2) is 64.1 Å². The Balaban J connectivity index is 2.40. The molecule has 0 aliphatic carbocycles. The van der Waals surface area contributed by atoms with Crippen molar-refractivity contribution in [2.24, 2.45) is 0 Å². The fourth-order valence-corrected chi connectivity index (χ4v) is 2.96. The molecule has 0 bridgehead atoms. The first kappa shape index (κ1) is 16.9. The van der Waals surface area contributed by atoms with E-state index in [1.54, 1.807) is 21.3 Å². The monoisotopic (exact) mass is 310 g/mol. The Morgan fingerprint density at radius 2 is 1.64 bits per heavy atom. The molecule has 0 unspecified atom stereocenters. The highest BCUT2D eigenvalue weighted by Crippen LogP contribution is 2.40. The molecule has 1 fully saturated rings. The Hall–Kier alpha value is -1.50. The van der Waals surface area contributed by atoms with Crippen molar-refractivity contribution in [2.75, 3.05) is 54.1 Å². The van der Waals surface area contributed by atoms with Gasteiger partial charge < -0.3 is 24.6 Å². The number of benzene rings is 1. The molecule has 0 saturated carbocycles. The third-order valence-electron chi connectivity index (χ3n) is 4.09. The first-order valence-electron chi connectivity index (χ1n) is 7.60. The van der Waals surface area contributed by atoms with E-state index in [0.717, 1.165) is 37.5 Å². The molecule has 6 heteroatoms. The highest BCUT2D eigenvalue weighted by atomic mass is 16.5.